The van der Waals surface area contributed by atoms with Crippen LogP contribution < -0.4 is 20.9 Å². The summed E-state index contributed by atoms with van der Waals surface area (Å²) in [4.78, 5) is 13.2. The van der Waals surface area contributed by atoms with Crippen LogP contribution in [0.5, 0.6) is 0 Å². The number of anilines is 3. The lowest BCUT2D eigenvalue weighted by Crippen LogP contribution is -2.44. The zero-order valence-electron chi connectivity index (χ0n) is 18.2. The predicted octanol–water partition coefficient (Wildman–Crippen LogP) is 2.52. The standard InChI is InChI=1S/C24H24N8O/c1-33-24-23-18(3-6-29-24)15-32(16-20(23)31-10-8-26-9-11-31)19-4-7-28-22(13-19)30-21-12-17(14-25)2-5-27-21/h2-7,12-13,15-16,26,29H,8-11H2,1H3,(H,27,28,30). The maximum Gasteiger partial charge on any atom is 0.200 e. The van der Waals surface area contributed by atoms with Crippen LogP contribution in [0.2, 0.25) is 0 Å². The number of nitrogens with zero attached hydrogens (tertiary/aromatic N) is 5. The normalized spacial score (nSPS) is 17.5. The van der Waals surface area contributed by atoms with Gasteiger partial charge in [0.2, 0.25) is 5.88 Å². The molecule has 2 aromatic rings. The summed E-state index contributed by atoms with van der Waals surface area (Å²) in [5, 5.41) is 19.0. The Labute approximate surface area is 192 Å². The van der Waals surface area contributed by atoms with Gasteiger partial charge in [-0.2, -0.15) is 5.26 Å². The maximum absolute atomic E-state index is 9.13. The van der Waals surface area contributed by atoms with Crippen molar-refractivity contribution in [3.05, 3.63) is 89.6 Å². The van der Waals surface area contributed by atoms with Crippen LogP contribution in [0, 0.1) is 11.3 Å². The Morgan fingerprint density at radius 1 is 1.09 bits per heavy atom. The Bertz CT molecular complexity index is 1220. The molecule has 0 aliphatic carbocycles. The number of piperazine rings is 1. The van der Waals surface area contributed by atoms with Crippen LogP contribution in [0.25, 0.3) is 0 Å². The highest BCUT2D eigenvalue weighted by molar-refractivity contribution is 5.68. The molecule has 3 aliphatic heterocycles. The number of pyridine rings is 2. The van der Waals surface area contributed by atoms with Gasteiger partial charge in [0.1, 0.15) is 11.6 Å². The van der Waals surface area contributed by atoms with Gasteiger partial charge in [-0.05, 0) is 24.3 Å². The van der Waals surface area contributed by atoms with Crippen molar-refractivity contribution in [2.75, 3.05) is 43.5 Å². The summed E-state index contributed by atoms with van der Waals surface area (Å²) in [5.74, 6) is 1.96. The molecule has 0 spiro atoms. The van der Waals surface area contributed by atoms with Gasteiger partial charge in [-0.1, -0.05) is 0 Å². The highest BCUT2D eigenvalue weighted by atomic mass is 16.5. The van der Waals surface area contributed by atoms with Crippen molar-refractivity contribution in [3.8, 4) is 6.07 Å². The molecule has 0 atom stereocenters. The third kappa shape index (κ3) is 4.24. The molecule has 0 radical (unpaired) electrons. The van der Waals surface area contributed by atoms with E-state index >= 15 is 0 Å². The number of methoxy groups -OCH3 is 1. The second-order valence-electron chi connectivity index (χ2n) is 7.69. The van der Waals surface area contributed by atoms with E-state index in [9.17, 15) is 0 Å². The van der Waals surface area contributed by atoms with Crippen LogP contribution in [0.3, 0.4) is 0 Å². The minimum atomic E-state index is 0.541. The lowest BCUT2D eigenvalue weighted by Gasteiger charge is -2.37. The summed E-state index contributed by atoms with van der Waals surface area (Å²) in [6.45, 7) is 3.71. The van der Waals surface area contributed by atoms with Crippen LogP contribution >= 0.6 is 0 Å². The Morgan fingerprint density at radius 3 is 2.67 bits per heavy atom. The molecule has 0 bridgehead atoms. The van der Waals surface area contributed by atoms with Crippen molar-refractivity contribution >= 4 is 17.3 Å². The third-order valence-electron chi connectivity index (χ3n) is 5.64. The van der Waals surface area contributed by atoms with E-state index in [-0.39, 0.29) is 0 Å². The van der Waals surface area contributed by atoms with E-state index in [2.05, 4.69) is 60.3 Å². The Hall–Kier alpha value is -4.29. The highest BCUT2D eigenvalue weighted by Gasteiger charge is 2.28. The molecule has 1 fully saturated rings. The smallest absolute Gasteiger partial charge is 0.200 e. The second kappa shape index (κ2) is 9.06. The maximum atomic E-state index is 9.13. The number of dihydropyridines is 1. The quantitative estimate of drug-likeness (QED) is 0.647. The van der Waals surface area contributed by atoms with E-state index in [0.717, 1.165) is 54.6 Å². The van der Waals surface area contributed by atoms with Crippen molar-refractivity contribution in [1.82, 2.24) is 25.5 Å². The summed E-state index contributed by atoms with van der Waals surface area (Å²) in [6.07, 6.45) is 11.5. The lowest BCUT2D eigenvalue weighted by molar-refractivity contribution is 0.258. The van der Waals surface area contributed by atoms with Crippen molar-refractivity contribution in [1.29, 1.82) is 5.26 Å². The van der Waals surface area contributed by atoms with Crippen LogP contribution in [-0.2, 0) is 4.74 Å². The molecule has 166 valence electrons. The number of ether oxygens (including phenoxy) is 1. The molecule has 3 aliphatic rings. The number of fused-ring (bicyclic) bond motifs is 1. The number of hydrogen-bond donors (Lipinski definition) is 3. The molecule has 0 amide bonds. The van der Waals surface area contributed by atoms with Crippen molar-refractivity contribution in [2.24, 2.45) is 0 Å². The summed E-state index contributed by atoms with van der Waals surface area (Å²) in [7, 11) is 1.68. The van der Waals surface area contributed by atoms with Gasteiger partial charge in [-0.3, -0.25) is 0 Å². The minimum Gasteiger partial charge on any atom is -0.482 e. The fourth-order valence-corrected chi connectivity index (χ4v) is 4.05. The molecular weight excluding hydrogens is 416 g/mol. The first-order valence-electron chi connectivity index (χ1n) is 10.7. The number of nitrogens with one attached hydrogen (secondary N) is 3. The molecule has 5 heterocycles. The fraction of sp³-hybridized carbons (Fsp3) is 0.208. The minimum absolute atomic E-state index is 0.541. The average Bonchev–Trinajstić information content (AvgIpc) is 2.88. The monoisotopic (exact) mass is 440 g/mol. The second-order valence-corrected chi connectivity index (χ2v) is 7.69. The van der Waals surface area contributed by atoms with Crippen LogP contribution in [0.15, 0.2) is 84.1 Å². The molecule has 33 heavy (non-hydrogen) atoms. The van der Waals surface area contributed by atoms with Crippen molar-refractivity contribution < 1.29 is 4.74 Å². The van der Waals surface area contributed by atoms with Gasteiger partial charge < -0.3 is 30.5 Å². The van der Waals surface area contributed by atoms with Crippen molar-refractivity contribution in [2.45, 2.75) is 0 Å². The van der Waals surface area contributed by atoms with Gasteiger partial charge in [-0.25, -0.2) is 9.97 Å². The van der Waals surface area contributed by atoms with Gasteiger partial charge in [0.15, 0.2) is 0 Å². The number of hydrogen-bond acceptors (Lipinski definition) is 9. The Morgan fingerprint density at radius 2 is 1.88 bits per heavy atom. The van der Waals surface area contributed by atoms with Gasteiger partial charge in [0, 0.05) is 68.8 Å². The fourth-order valence-electron chi connectivity index (χ4n) is 4.05. The molecule has 1 saturated heterocycles. The zero-order valence-corrected chi connectivity index (χ0v) is 18.2. The summed E-state index contributed by atoms with van der Waals surface area (Å²) < 4.78 is 5.65. The number of aromatic nitrogens is 2. The van der Waals surface area contributed by atoms with Crippen LogP contribution in [-0.4, -0.2) is 48.2 Å². The highest BCUT2D eigenvalue weighted by Crippen LogP contribution is 2.35. The van der Waals surface area contributed by atoms with Crippen LogP contribution in [0.4, 0.5) is 17.3 Å². The molecule has 2 aromatic heterocycles. The predicted molar refractivity (Wildman–Crippen MR) is 126 cm³/mol. The van der Waals surface area contributed by atoms with E-state index in [1.165, 1.54) is 0 Å². The first-order chi connectivity index (χ1) is 16.2. The number of rotatable bonds is 5. The van der Waals surface area contributed by atoms with E-state index < -0.39 is 0 Å². The summed E-state index contributed by atoms with van der Waals surface area (Å²) in [6, 6.07) is 9.42. The Balaban J connectivity index is 1.49. The topological polar surface area (TPSA) is 101 Å². The lowest BCUT2D eigenvalue weighted by atomic mass is 9.98. The number of allylic oxidation sites excluding steroid dienone is 2. The van der Waals surface area contributed by atoms with Gasteiger partial charge in [0.05, 0.1) is 35.7 Å². The first kappa shape index (κ1) is 20.6. The molecule has 9 nitrogen and oxygen atoms in total. The van der Waals surface area contributed by atoms with Crippen molar-refractivity contribution in [3.63, 3.8) is 0 Å². The number of nitriles is 1. The first-order valence-corrected chi connectivity index (χ1v) is 10.7. The summed E-state index contributed by atoms with van der Waals surface area (Å²) in [5.41, 5.74) is 4.73. The molecule has 5 rings (SSSR count). The van der Waals surface area contributed by atoms with Gasteiger partial charge in [0.25, 0.3) is 0 Å². The zero-order chi connectivity index (χ0) is 22.6. The SMILES string of the molecule is COC1=C2C(=CN(c3ccnc(Nc4cc(C#N)ccn4)c3)C=C2N2CCNCC2)C=CN1. The van der Waals surface area contributed by atoms with Gasteiger partial charge in [-0.15, -0.1) is 0 Å². The summed E-state index contributed by atoms with van der Waals surface area (Å²) >= 11 is 0. The molecule has 0 aromatic carbocycles. The average molecular weight is 441 g/mol. The van der Waals surface area contributed by atoms with Gasteiger partial charge >= 0.3 is 0 Å². The van der Waals surface area contributed by atoms with E-state index in [0.29, 0.717) is 17.2 Å². The largest absolute Gasteiger partial charge is 0.482 e. The van der Waals surface area contributed by atoms with E-state index in [4.69, 9.17) is 10.00 Å². The van der Waals surface area contributed by atoms with E-state index in [1.54, 1.807) is 31.6 Å². The van der Waals surface area contributed by atoms with Crippen LogP contribution in [0.1, 0.15) is 5.56 Å². The van der Waals surface area contributed by atoms with E-state index in [1.807, 2.05) is 18.3 Å². The molecule has 3 N–H and O–H groups in total. The molecule has 9 heteroatoms. The molecule has 0 unspecified atom stereocenters. The Kier molecular flexibility index (Phi) is 5.66. The molecule has 0 saturated carbocycles. The third-order valence-corrected chi connectivity index (χ3v) is 5.64. The molecular formula is C24H24N8O.